The van der Waals surface area contributed by atoms with Gasteiger partial charge in [-0.25, -0.2) is 13.2 Å². The van der Waals surface area contributed by atoms with E-state index in [1.54, 1.807) is 12.1 Å². The van der Waals surface area contributed by atoms with Gasteiger partial charge in [-0.3, -0.25) is 9.59 Å². The molecule has 0 aliphatic rings. The van der Waals surface area contributed by atoms with Gasteiger partial charge in [0.1, 0.15) is 11.9 Å². The van der Waals surface area contributed by atoms with Crippen molar-refractivity contribution in [3.05, 3.63) is 69.4 Å². The molecule has 0 radical (unpaired) electrons. The van der Waals surface area contributed by atoms with Gasteiger partial charge in [-0.15, -0.1) is 0 Å². The number of hydrogen-bond donors (Lipinski definition) is 2. The summed E-state index contributed by atoms with van der Waals surface area (Å²) in [5.74, 6) is -3.73. The molecule has 26 heavy (non-hydrogen) atoms. The Morgan fingerprint density at radius 3 is 2.38 bits per heavy atom. The molecule has 2 N–H and O–H groups in total. The zero-order valence-corrected chi connectivity index (χ0v) is 15.4. The van der Waals surface area contributed by atoms with Crippen molar-refractivity contribution >= 4 is 27.7 Å². The van der Waals surface area contributed by atoms with Crippen LogP contribution in [0.5, 0.6) is 0 Å². The maximum atomic E-state index is 13.8. The maximum Gasteiger partial charge on any atom is 0.246 e. The van der Waals surface area contributed by atoms with Crippen LogP contribution < -0.4 is 10.6 Å². The first kappa shape index (κ1) is 20.0. The zero-order valence-electron chi connectivity index (χ0n) is 13.8. The first-order chi connectivity index (χ1) is 12.3. The smallest absolute Gasteiger partial charge is 0.246 e. The highest BCUT2D eigenvalue weighted by Crippen LogP contribution is 2.19. The van der Waals surface area contributed by atoms with E-state index < -0.39 is 35.3 Å². The molecule has 8 heteroatoms. The van der Waals surface area contributed by atoms with Crippen LogP contribution in [0.2, 0.25) is 0 Å². The summed E-state index contributed by atoms with van der Waals surface area (Å²) in [5, 5.41) is 4.82. The minimum Gasteiger partial charge on any atom is -0.357 e. The molecular weight excluding hydrogens is 413 g/mol. The number of carbonyl (C=O) groups is 2. The van der Waals surface area contributed by atoms with Gasteiger partial charge in [-0.1, -0.05) is 28.1 Å². The Morgan fingerprint density at radius 2 is 1.77 bits per heavy atom. The van der Waals surface area contributed by atoms with Crippen molar-refractivity contribution in [1.29, 1.82) is 0 Å². The highest BCUT2D eigenvalue weighted by Gasteiger charge is 2.23. The SMILES string of the molecule is CNC(=O)C(NC(=O)CCc1ccc(Br)cc1F)c1ccc(F)c(F)c1. The van der Waals surface area contributed by atoms with Crippen LogP contribution in [0.4, 0.5) is 13.2 Å². The van der Waals surface area contributed by atoms with Crippen LogP contribution in [0, 0.1) is 17.5 Å². The lowest BCUT2D eigenvalue weighted by atomic mass is 10.0. The molecule has 0 saturated heterocycles. The number of amides is 2. The minimum atomic E-state index is -1.18. The van der Waals surface area contributed by atoms with Gasteiger partial charge in [0.05, 0.1) is 0 Å². The lowest BCUT2D eigenvalue weighted by Crippen LogP contribution is -2.39. The largest absolute Gasteiger partial charge is 0.357 e. The fourth-order valence-corrected chi connectivity index (χ4v) is 2.68. The third-order valence-electron chi connectivity index (χ3n) is 3.73. The summed E-state index contributed by atoms with van der Waals surface area (Å²) in [6, 6.07) is 6.27. The fraction of sp³-hybridized carbons (Fsp3) is 0.222. The topological polar surface area (TPSA) is 58.2 Å². The number of halogens is 4. The van der Waals surface area contributed by atoms with Crippen molar-refractivity contribution < 1.29 is 22.8 Å². The summed E-state index contributed by atoms with van der Waals surface area (Å²) in [4.78, 5) is 24.2. The molecule has 2 rings (SSSR count). The molecule has 1 unspecified atom stereocenters. The van der Waals surface area contributed by atoms with Crippen LogP contribution in [0.1, 0.15) is 23.6 Å². The van der Waals surface area contributed by atoms with E-state index in [1.165, 1.54) is 19.2 Å². The molecule has 2 aromatic rings. The van der Waals surface area contributed by atoms with Gasteiger partial charge in [-0.2, -0.15) is 0 Å². The van der Waals surface area contributed by atoms with Crippen molar-refractivity contribution in [3.8, 4) is 0 Å². The van der Waals surface area contributed by atoms with E-state index in [-0.39, 0.29) is 18.4 Å². The molecule has 2 aromatic carbocycles. The van der Waals surface area contributed by atoms with Crippen LogP contribution in [-0.4, -0.2) is 18.9 Å². The third kappa shape index (κ3) is 5.08. The Kier molecular flexibility index (Phi) is 6.79. The first-order valence-corrected chi connectivity index (χ1v) is 8.51. The Labute approximate surface area is 156 Å². The van der Waals surface area contributed by atoms with Gasteiger partial charge in [-0.05, 0) is 41.8 Å². The second-order valence-corrected chi connectivity index (χ2v) is 6.44. The van der Waals surface area contributed by atoms with E-state index in [1.807, 2.05) is 0 Å². The molecule has 0 aliphatic heterocycles. The quantitative estimate of drug-likeness (QED) is 0.740. The molecular formula is C18H16BrF3N2O2. The van der Waals surface area contributed by atoms with Gasteiger partial charge < -0.3 is 10.6 Å². The Morgan fingerprint density at radius 1 is 1.04 bits per heavy atom. The average molecular weight is 429 g/mol. The van der Waals surface area contributed by atoms with E-state index >= 15 is 0 Å². The van der Waals surface area contributed by atoms with E-state index in [9.17, 15) is 22.8 Å². The summed E-state index contributed by atoms with van der Waals surface area (Å²) in [6.45, 7) is 0. The number of likely N-dealkylation sites (N-methyl/N-ethyl adjacent to an activating group) is 1. The number of benzene rings is 2. The summed E-state index contributed by atoms with van der Waals surface area (Å²) in [6.07, 6.45) is 0.0545. The molecule has 138 valence electrons. The summed E-state index contributed by atoms with van der Waals surface area (Å²) >= 11 is 3.15. The van der Waals surface area contributed by atoms with Crippen LogP contribution in [0.15, 0.2) is 40.9 Å². The van der Waals surface area contributed by atoms with Gasteiger partial charge in [0, 0.05) is 17.9 Å². The molecule has 0 saturated carbocycles. The van der Waals surface area contributed by atoms with Crippen molar-refractivity contribution in [1.82, 2.24) is 10.6 Å². The zero-order chi connectivity index (χ0) is 19.3. The van der Waals surface area contributed by atoms with E-state index in [2.05, 4.69) is 26.6 Å². The second kappa shape index (κ2) is 8.84. The maximum absolute atomic E-state index is 13.8. The number of nitrogens with one attached hydrogen (secondary N) is 2. The minimum absolute atomic E-state index is 0.0737. The highest BCUT2D eigenvalue weighted by atomic mass is 79.9. The molecule has 0 spiro atoms. The Hall–Kier alpha value is -2.35. The predicted octanol–water partition coefficient (Wildman–Crippen LogP) is 3.40. The predicted molar refractivity (Wildman–Crippen MR) is 93.7 cm³/mol. The molecule has 0 aliphatic carbocycles. The summed E-state index contributed by atoms with van der Waals surface area (Å²) in [7, 11) is 1.36. The first-order valence-electron chi connectivity index (χ1n) is 7.71. The van der Waals surface area contributed by atoms with Gasteiger partial charge in [0.25, 0.3) is 0 Å². The molecule has 0 heterocycles. The van der Waals surface area contributed by atoms with Crippen molar-refractivity contribution in [2.75, 3.05) is 7.05 Å². The molecule has 0 fully saturated rings. The van der Waals surface area contributed by atoms with Gasteiger partial charge in [0.2, 0.25) is 11.8 Å². The average Bonchev–Trinajstić information content (AvgIpc) is 2.60. The molecule has 1 atom stereocenters. The number of aryl methyl sites for hydroxylation is 1. The van der Waals surface area contributed by atoms with Crippen LogP contribution >= 0.6 is 15.9 Å². The second-order valence-electron chi connectivity index (χ2n) is 5.52. The molecule has 4 nitrogen and oxygen atoms in total. The van der Waals surface area contributed by atoms with E-state index in [0.29, 0.717) is 10.0 Å². The van der Waals surface area contributed by atoms with Crippen LogP contribution in [0.3, 0.4) is 0 Å². The lowest BCUT2D eigenvalue weighted by molar-refractivity contribution is -0.128. The van der Waals surface area contributed by atoms with Crippen LogP contribution in [-0.2, 0) is 16.0 Å². The van der Waals surface area contributed by atoms with Crippen molar-refractivity contribution in [2.24, 2.45) is 0 Å². The number of carbonyl (C=O) groups excluding carboxylic acids is 2. The van der Waals surface area contributed by atoms with Crippen LogP contribution in [0.25, 0.3) is 0 Å². The van der Waals surface area contributed by atoms with Gasteiger partial charge in [0.15, 0.2) is 11.6 Å². The van der Waals surface area contributed by atoms with Crippen molar-refractivity contribution in [2.45, 2.75) is 18.9 Å². The monoisotopic (exact) mass is 428 g/mol. The fourth-order valence-electron chi connectivity index (χ4n) is 2.34. The summed E-state index contributed by atoms with van der Waals surface area (Å²) in [5.41, 5.74) is 0.457. The molecule has 2 amide bonds. The lowest BCUT2D eigenvalue weighted by Gasteiger charge is -2.18. The normalized spacial score (nSPS) is 11.7. The highest BCUT2D eigenvalue weighted by molar-refractivity contribution is 9.10. The molecule has 0 aromatic heterocycles. The van der Waals surface area contributed by atoms with E-state index in [4.69, 9.17) is 0 Å². The van der Waals surface area contributed by atoms with Gasteiger partial charge >= 0.3 is 0 Å². The summed E-state index contributed by atoms with van der Waals surface area (Å²) < 4.78 is 40.9. The number of rotatable bonds is 6. The molecule has 0 bridgehead atoms. The third-order valence-corrected chi connectivity index (χ3v) is 4.22. The Balaban J connectivity index is 2.08. The Bertz CT molecular complexity index is 830. The van der Waals surface area contributed by atoms with E-state index in [0.717, 1.165) is 12.1 Å². The van der Waals surface area contributed by atoms with Crippen molar-refractivity contribution in [3.63, 3.8) is 0 Å². The number of hydrogen-bond acceptors (Lipinski definition) is 2. The standard InChI is InChI=1S/C18H16BrF3N2O2/c1-23-18(26)17(11-3-6-13(20)15(22)8-11)24-16(25)7-4-10-2-5-12(19)9-14(10)21/h2-3,5-6,8-9,17H,4,7H2,1H3,(H,23,26)(H,24,25).